The SMILES string of the molecule is CCN(CC1CCCCN1)C1CCOC2(CCOC2)C1. The first kappa shape index (κ1) is 14.8. The van der Waals surface area contributed by atoms with Gasteiger partial charge in [0.15, 0.2) is 0 Å². The first-order valence-electron chi connectivity index (χ1n) is 8.50. The second kappa shape index (κ2) is 6.73. The molecule has 20 heavy (non-hydrogen) atoms. The van der Waals surface area contributed by atoms with Crippen molar-refractivity contribution in [1.82, 2.24) is 10.2 Å². The van der Waals surface area contributed by atoms with E-state index in [0.29, 0.717) is 12.1 Å². The second-order valence-corrected chi connectivity index (χ2v) is 6.72. The largest absolute Gasteiger partial charge is 0.378 e. The molecule has 3 aliphatic heterocycles. The summed E-state index contributed by atoms with van der Waals surface area (Å²) >= 11 is 0. The molecule has 0 aliphatic carbocycles. The van der Waals surface area contributed by atoms with Crippen molar-refractivity contribution >= 4 is 0 Å². The molecule has 0 aromatic heterocycles. The molecule has 4 nitrogen and oxygen atoms in total. The van der Waals surface area contributed by atoms with Gasteiger partial charge in [-0.25, -0.2) is 0 Å². The van der Waals surface area contributed by atoms with Crippen molar-refractivity contribution in [2.45, 2.75) is 63.1 Å². The Morgan fingerprint density at radius 1 is 1.25 bits per heavy atom. The molecule has 3 fully saturated rings. The van der Waals surface area contributed by atoms with Crippen LogP contribution in [0.25, 0.3) is 0 Å². The molecule has 3 heterocycles. The summed E-state index contributed by atoms with van der Waals surface area (Å²) in [6.45, 7) is 8.45. The molecule has 3 saturated heterocycles. The summed E-state index contributed by atoms with van der Waals surface area (Å²) in [7, 11) is 0. The van der Waals surface area contributed by atoms with Crippen molar-refractivity contribution in [3.63, 3.8) is 0 Å². The van der Waals surface area contributed by atoms with E-state index in [4.69, 9.17) is 9.47 Å². The van der Waals surface area contributed by atoms with Crippen molar-refractivity contribution in [3.05, 3.63) is 0 Å². The van der Waals surface area contributed by atoms with E-state index in [1.54, 1.807) is 0 Å². The summed E-state index contributed by atoms with van der Waals surface area (Å²) in [6, 6.07) is 1.38. The molecule has 3 atom stereocenters. The highest BCUT2D eigenvalue weighted by Crippen LogP contribution is 2.34. The summed E-state index contributed by atoms with van der Waals surface area (Å²) in [5.41, 5.74) is 0.0380. The molecule has 0 aromatic rings. The van der Waals surface area contributed by atoms with E-state index < -0.39 is 0 Å². The number of piperidine rings is 1. The normalized spacial score (nSPS) is 38.7. The van der Waals surface area contributed by atoms with E-state index in [0.717, 1.165) is 39.2 Å². The minimum absolute atomic E-state index is 0.0380. The third kappa shape index (κ3) is 3.35. The lowest BCUT2D eigenvalue weighted by molar-refractivity contribution is -0.106. The van der Waals surface area contributed by atoms with Crippen molar-refractivity contribution in [1.29, 1.82) is 0 Å². The maximum Gasteiger partial charge on any atom is 0.0951 e. The Morgan fingerprint density at radius 3 is 2.90 bits per heavy atom. The van der Waals surface area contributed by atoms with E-state index in [2.05, 4.69) is 17.1 Å². The van der Waals surface area contributed by atoms with Gasteiger partial charge in [-0.15, -0.1) is 0 Å². The fourth-order valence-corrected chi connectivity index (χ4v) is 4.08. The third-order valence-electron chi connectivity index (χ3n) is 5.32. The van der Waals surface area contributed by atoms with E-state index in [1.807, 2.05) is 0 Å². The van der Waals surface area contributed by atoms with Gasteiger partial charge in [-0.05, 0) is 38.8 Å². The molecule has 0 amide bonds. The smallest absolute Gasteiger partial charge is 0.0951 e. The van der Waals surface area contributed by atoms with Crippen LogP contribution in [0.2, 0.25) is 0 Å². The zero-order valence-corrected chi connectivity index (χ0v) is 12.9. The van der Waals surface area contributed by atoms with Crippen molar-refractivity contribution < 1.29 is 9.47 Å². The van der Waals surface area contributed by atoms with Crippen LogP contribution in [-0.4, -0.2) is 62.0 Å². The molecule has 1 N–H and O–H groups in total. The number of hydrogen-bond acceptors (Lipinski definition) is 4. The third-order valence-corrected chi connectivity index (χ3v) is 5.32. The number of nitrogens with zero attached hydrogens (tertiary/aromatic N) is 1. The van der Waals surface area contributed by atoms with Crippen LogP contribution in [0.15, 0.2) is 0 Å². The van der Waals surface area contributed by atoms with Gasteiger partial charge in [-0.2, -0.15) is 0 Å². The Bertz CT molecular complexity index is 299. The van der Waals surface area contributed by atoms with Gasteiger partial charge in [-0.3, -0.25) is 4.90 Å². The highest BCUT2D eigenvalue weighted by atomic mass is 16.6. The topological polar surface area (TPSA) is 33.7 Å². The minimum atomic E-state index is 0.0380. The van der Waals surface area contributed by atoms with E-state index >= 15 is 0 Å². The summed E-state index contributed by atoms with van der Waals surface area (Å²) in [5.74, 6) is 0. The summed E-state index contributed by atoms with van der Waals surface area (Å²) in [6.07, 6.45) is 7.51. The van der Waals surface area contributed by atoms with Gasteiger partial charge in [0.25, 0.3) is 0 Å². The lowest BCUT2D eigenvalue weighted by Crippen LogP contribution is -2.52. The number of rotatable bonds is 4. The maximum atomic E-state index is 6.07. The molecular weight excluding hydrogens is 252 g/mol. The average molecular weight is 282 g/mol. The Kier molecular flexibility index (Phi) is 4.97. The van der Waals surface area contributed by atoms with Crippen LogP contribution in [0.1, 0.15) is 45.4 Å². The number of likely N-dealkylation sites (N-methyl/N-ethyl adjacent to an activating group) is 1. The van der Waals surface area contributed by atoms with Gasteiger partial charge in [-0.1, -0.05) is 13.3 Å². The molecule has 3 unspecified atom stereocenters. The van der Waals surface area contributed by atoms with Crippen molar-refractivity contribution in [2.24, 2.45) is 0 Å². The second-order valence-electron chi connectivity index (χ2n) is 6.72. The number of ether oxygens (including phenoxy) is 2. The first-order chi connectivity index (χ1) is 9.81. The van der Waals surface area contributed by atoms with Crippen LogP contribution in [0.3, 0.4) is 0 Å². The van der Waals surface area contributed by atoms with Gasteiger partial charge in [0, 0.05) is 38.3 Å². The summed E-state index contributed by atoms with van der Waals surface area (Å²) in [5, 5.41) is 3.69. The quantitative estimate of drug-likeness (QED) is 0.852. The predicted molar refractivity (Wildman–Crippen MR) is 80.0 cm³/mol. The zero-order valence-electron chi connectivity index (χ0n) is 12.9. The molecule has 3 rings (SSSR count). The standard InChI is InChI=1S/C16H30N2O2/c1-2-18(12-14-5-3-4-8-17-14)15-6-9-20-16(11-15)7-10-19-13-16/h14-15,17H,2-13H2,1H3. The molecule has 1 spiro atoms. The maximum absolute atomic E-state index is 6.07. The predicted octanol–water partition coefficient (Wildman–Crippen LogP) is 1.79. The van der Waals surface area contributed by atoms with E-state index in [-0.39, 0.29) is 5.60 Å². The molecule has 116 valence electrons. The molecule has 4 heteroatoms. The van der Waals surface area contributed by atoms with Crippen LogP contribution in [-0.2, 0) is 9.47 Å². The fraction of sp³-hybridized carbons (Fsp3) is 1.00. The van der Waals surface area contributed by atoms with Gasteiger partial charge in [0.1, 0.15) is 0 Å². The highest BCUT2D eigenvalue weighted by molar-refractivity contribution is 4.94. The van der Waals surface area contributed by atoms with Crippen LogP contribution in [0, 0.1) is 0 Å². The fourth-order valence-electron chi connectivity index (χ4n) is 4.08. The Balaban J connectivity index is 1.57. The number of nitrogens with one attached hydrogen (secondary N) is 1. The monoisotopic (exact) mass is 282 g/mol. The lowest BCUT2D eigenvalue weighted by atomic mass is 9.88. The van der Waals surface area contributed by atoms with Crippen LogP contribution in [0.4, 0.5) is 0 Å². The van der Waals surface area contributed by atoms with E-state index in [1.165, 1.54) is 38.8 Å². The van der Waals surface area contributed by atoms with Crippen molar-refractivity contribution in [2.75, 3.05) is 39.5 Å². The van der Waals surface area contributed by atoms with E-state index in [9.17, 15) is 0 Å². The first-order valence-corrected chi connectivity index (χ1v) is 8.50. The Labute approximate surface area is 123 Å². The van der Waals surface area contributed by atoms with Crippen LogP contribution in [0.5, 0.6) is 0 Å². The molecular formula is C16H30N2O2. The van der Waals surface area contributed by atoms with Crippen LogP contribution >= 0.6 is 0 Å². The van der Waals surface area contributed by atoms with Crippen molar-refractivity contribution in [3.8, 4) is 0 Å². The lowest BCUT2D eigenvalue weighted by Gasteiger charge is -2.43. The van der Waals surface area contributed by atoms with Crippen LogP contribution < -0.4 is 5.32 Å². The zero-order chi connectivity index (χ0) is 13.8. The van der Waals surface area contributed by atoms with Gasteiger partial charge in [0.05, 0.1) is 12.2 Å². The minimum Gasteiger partial charge on any atom is -0.378 e. The van der Waals surface area contributed by atoms with Gasteiger partial charge in [0.2, 0.25) is 0 Å². The molecule has 3 aliphatic rings. The molecule has 0 aromatic carbocycles. The summed E-state index contributed by atoms with van der Waals surface area (Å²) < 4.78 is 11.7. The van der Waals surface area contributed by atoms with Gasteiger partial charge >= 0.3 is 0 Å². The van der Waals surface area contributed by atoms with Gasteiger partial charge < -0.3 is 14.8 Å². The highest BCUT2D eigenvalue weighted by Gasteiger charge is 2.42. The summed E-state index contributed by atoms with van der Waals surface area (Å²) in [4.78, 5) is 2.69. The number of hydrogen-bond donors (Lipinski definition) is 1. The molecule has 0 saturated carbocycles. The Morgan fingerprint density at radius 2 is 2.20 bits per heavy atom. The molecule has 0 bridgehead atoms. The molecule has 0 radical (unpaired) electrons. The Hall–Kier alpha value is -0.160. The average Bonchev–Trinajstić information content (AvgIpc) is 2.93.